The van der Waals surface area contributed by atoms with Gasteiger partial charge in [0.25, 0.3) is 0 Å². The Morgan fingerprint density at radius 3 is 2.58 bits per heavy atom. The monoisotopic (exact) mass is 289 g/mol. The van der Waals surface area contributed by atoms with Gasteiger partial charge in [0, 0.05) is 12.1 Å². The van der Waals surface area contributed by atoms with E-state index in [0.29, 0.717) is 6.54 Å². The first-order chi connectivity index (χ1) is 8.81. The second-order valence-electron chi connectivity index (χ2n) is 4.74. The van der Waals surface area contributed by atoms with Gasteiger partial charge >= 0.3 is 0 Å². The molecule has 0 amide bonds. The standard InChI is InChI=1S/C13H20FNO3S/c1-4-9(2)7-15-19(17,18)12-5-10(3)13(14)11(6-12)8-16/h5-6,9,15-16H,4,7-8H2,1-3H3. The molecule has 19 heavy (non-hydrogen) atoms. The second-order valence-corrected chi connectivity index (χ2v) is 6.50. The summed E-state index contributed by atoms with van der Waals surface area (Å²) in [7, 11) is -3.67. The third kappa shape index (κ3) is 3.99. The highest BCUT2D eigenvalue weighted by Crippen LogP contribution is 2.19. The molecule has 0 aliphatic heterocycles. The van der Waals surface area contributed by atoms with Gasteiger partial charge in [0.05, 0.1) is 11.5 Å². The number of benzene rings is 1. The third-order valence-electron chi connectivity index (χ3n) is 3.10. The number of hydrogen-bond donors (Lipinski definition) is 2. The largest absolute Gasteiger partial charge is 0.392 e. The minimum absolute atomic E-state index is 0.0103. The molecule has 0 spiro atoms. The van der Waals surface area contributed by atoms with Crippen LogP contribution in [0.15, 0.2) is 17.0 Å². The number of nitrogens with one attached hydrogen (secondary N) is 1. The second kappa shape index (κ2) is 6.45. The van der Waals surface area contributed by atoms with E-state index in [0.717, 1.165) is 6.42 Å². The van der Waals surface area contributed by atoms with Gasteiger partial charge in [-0.2, -0.15) is 0 Å². The van der Waals surface area contributed by atoms with Crippen molar-refractivity contribution in [3.05, 3.63) is 29.1 Å². The molecule has 0 aromatic heterocycles. The maximum atomic E-state index is 13.6. The van der Waals surface area contributed by atoms with Gasteiger partial charge in [-0.15, -0.1) is 0 Å². The lowest BCUT2D eigenvalue weighted by molar-refractivity contribution is 0.275. The van der Waals surface area contributed by atoms with Crippen molar-refractivity contribution in [1.82, 2.24) is 4.72 Å². The maximum Gasteiger partial charge on any atom is 0.240 e. The molecule has 108 valence electrons. The van der Waals surface area contributed by atoms with E-state index in [1.807, 2.05) is 13.8 Å². The maximum absolute atomic E-state index is 13.6. The fourth-order valence-electron chi connectivity index (χ4n) is 1.56. The molecule has 1 aromatic carbocycles. The molecule has 1 rings (SSSR count). The van der Waals surface area contributed by atoms with Crippen LogP contribution in [0.1, 0.15) is 31.4 Å². The number of aliphatic hydroxyl groups excluding tert-OH is 1. The minimum Gasteiger partial charge on any atom is -0.392 e. The number of hydrogen-bond acceptors (Lipinski definition) is 3. The predicted octanol–water partition coefficient (Wildman–Crippen LogP) is 1.95. The number of sulfonamides is 1. The molecule has 2 N–H and O–H groups in total. The van der Waals surface area contributed by atoms with Gasteiger partial charge in [-0.3, -0.25) is 0 Å². The van der Waals surface area contributed by atoms with Crippen LogP contribution in [-0.2, 0) is 16.6 Å². The van der Waals surface area contributed by atoms with Gasteiger partial charge < -0.3 is 5.11 Å². The highest BCUT2D eigenvalue weighted by Gasteiger charge is 2.18. The summed E-state index contributed by atoms with van der Waals surface area (Å²) in [6.45, 7) is 5.20. The molecule has 0 saturated heterocycles. The fraction of sp³-hybridized carbons (Fsp3) is 0.538. The summed E-state index contributed by atoms with van der Waals surface area (Å²) >= 11 is 0. The van der Waals surface area contributed by atoms with E-state index in [1.54, 1.807) is 0 Å². The zero-order valence-electron chi connectivity index (χ0n) is 11.4. The zero-order chi connectivity index (χ0) is 14.6. The summed E-state index contributed by atoms with van der Waals surface area (Å²) in [5, 5.41) is 9.03. The van der Waals surface area contributed by atoms with Crippen molar-refractivity contribution in [2.45, 2.75) is 38.7 Å². The molecule has 0 aliphatic rings. The van der Waals surface area contributed by atoms with E-state index in [9.17, 15) is 12.8 Å². The average Bonchev–Trinajstić information content (AvgIpc) is 2.38. The van der Waals surface area contributed by atoms with Crippen molar-refractivity contribution in [2.24, 2.45) is 5.92 Å². The molecule has 1 aromatic rings. The Balaban J connectivity index is 3.05. The molecule has 4 nitrogen and oxygen atoms in total. The Labute approximate surface area is 113 Å². The normalized spacial score (nSPS) is 13.5. The van der Waals surface area contributed by atoms with E-state index in [2.05, 4.69) is 4.72 Å². The fourth-order valence-corrected chi connectivity index (χ4v) is 2.86. The number of rotatable bonds is 6. The summed E-state index contributed by atoms with van der Waals surface area (Å²) in [6.07, 6.45) is 0.868. The summed E-state index contributed by atoms with van der Waals surface area (Å²) in [5.41, 5.74) is 0.194. The Morgan fingerprint density at radius 1 is 1.42 bits per heavy atom. The van der Waals surface area contributed by atoms with Gasteiger partial charge in [-0.1, -0.05) is 20.3 Å². The molecule has 0 radical (unpaired) electrons. The van der Waals surface area contributed by atoms with Crippen LogP contribution in [0.5, 0.6) is 0 Å². The molecule has 0 saturated carbocycles. The quantitative estimate of drug-likeness (QED) is 0.841. The molecule has 1 unspecified atom stereocenters. The van der Waals surface area contributed by atoms with Crippen molar-refractivity contribution in [2.75, 3.05) is 6.54 Å². The van der Waals surface area contributed by atoms with Crippen LogP contribution in [0.4, 0.5) is 4.39 Å². The van der Waals surface area contributed by atoms with Gasteiger partial charge in [0.15, 0.2) is 0 Å². The lowest BCUT2D eigenvalue weighted by atomic mass is 10.1. The molecule has 0 heterocycles. The van der Waals surface area contributed by atoms with Crippen LogP contribution in [0.25, 0.3) is 0 Å². The highest BCUT2D eigenvalue weighted by molar-refractivity contribution is 7.89. The Kier molecular flexibility index (Phi) is 5.46. The van der Waals surface area contributed by atoms with Gasteiger partial charge in [0.2, 0.25) is 10.0 Å². The summed E-state index contributed by atoms with van der Waals surface area (Å²) in [5.74, 6) is -0.336. The number of aryl methyl sites for hydroxylation is 1. The number of halogens is 1. The van der Waals surface area contributed by atoms with Crippen molar-refractivity contribution in [1.29, 1.82) is 0 Å². The van der Waals surface area contributed by atoms with Crippen molar-refractivity contribution in [3.8, 4) is 0 Å². The van der Waals surface area contributed by atoms with Crippen LogP contribution >= 0.6 is 0 Å². The summed E-state index contributed by atoms with van der Waals surface area (Å²) in [4.78, 5) is -0.0150. The lowest BCUT2D eigenvalue weighted by Crippen LogP contribution is -2.28. The molecule has 0 aliphatic carbocycles. The Hall–Kier alpha value is -0.980. The first-order valence-electron chi connectivity index (χ1n) is 6.21. The molecule has 1 atom stereocenters. The third-order valence-corrected chi connectivity index (χ3v) is 4.51. The number of aliphatic hydroxyl groups is 1. The molecule has 0 bridgehead atoms. The summed E-state index contributed by atoms with van der Waals surface area (Å²) < 4.78 is 40.2. The van der Waals surface area contributed by atoms with Crippen LogP contribution < -0.4 is 4.72 Å². The zero-order valence-corrected chi connectivity index (χ0v) is 12.2. The topological polar surface area (TPSA) is 66.4 Å². The SMILES string of the molecule is CCC(C)CNS(=O)(=O)c1cc(C)c(F)c(CO)c1. The van der Waals surface area contributed by atoms with Crippen molar-refractivity contribution < 1.29 is 17.9 Å². The molecule has 0 fully saturated rings. The van der Waals surface area contributed by atoms with Gasteiger partial charge in [0.1, 0.15) is 5.82 Å². The van der Waals surface area contributed by atoms with Crippen molar-refractivity contribution >= 4 is 10.0 Å². The van der Waals surface area contributed by atoms with Crippen LogP contribution in [-0.4, -0.2) is 20.1 Å². The first kappa shape index (κ1) is 16.1. The van der Waals surface area contributed by atoms with Crippen LogP contribution in [0, 0.1) is 18.7 Å². The van der Waals surface area contributed by atoms with E-state index in [4.69, 9.17) is 5.11 Å². The average molecular weight is 289 g/mol. The Morgan fingerprint density at radius 2 is 2.05 bits per heavy atom. The van der Waals surface area contributed by atoms with E-state index in [1.165, 1.54) is 19.1 Å². The molecule has 6 heteroatoms. The highest BCUT2D eigenvalue weighted by atomic mass is 32.2. The Bertz CT molecular complexity index is 543. The molecular formula is C13H20FNO3S. The van der Waals surface area contributed by atoms with Crippen LogP contribution in [0.2, 0.25) is 0 Å². The lowest BCUT2D eigenvalue weighted by Gasteiger charge is -2.12. The predicted molar refractivity (Wildman–Crippen MR) is 71.7 cm³/mol. The van der Waals surface area contributed by atoms with E-state index in [-0.39, 0.29) is 21.9 Å². The first-order valence-corrected chi connectivity index (χ1v) is 7.69. The van der Waals surface area contributed by atoms with E-state index < -0.39 is 22.4 Å². The van der Waals surface area contributed by atoms with Crippen LogP contribution in [0.3, 0.4) is 0 Å². The van der Waals surface area contributed by atoms with Crippen molar-refractivity contribution in [3.63, 3.8) is 0 Å². The summed E-state index contributed by atoms with van der Waals surface area (Å²) in [6, 6.07) is 2.44. The minimum atomic E-state index is -3.67. The van der Waals surface area contributed by atoms with Gasteiger partial charge in [-0.05, 0) is 30.5 Å². The van der Waals surface area contributed by atoms with Gasteiger partial charge in [-0.25, -0.2) is 17.5 Å². The molecular weight excluding hydrogens is 269 g/mol. The smallest absolute Gasteiger partial charge is 0.240 e. The van der Waals surface area contributed by atoms with E-state index >= 15 is 0 Å².